The predicted octanol–water partition coefficient (Wildman–Crippen LogP) is 2.21. The molecule has 3 heteroatoms. The van der Waals surface area contributed by atoms with Crippen molar-refractivity contribution in [3.63, 3.8) is 0 Å². The Labute approximate surface area is 95.8 Å². The molecule has 1 aromatic carbocycles. The maximum Gasteiger partial charge on any atom is 0.139 e. The van der Waals surface area contributed by atoms with Crippen LogP contribution in [0, 0.1) is 18.3 Å². The Kier molecular flexibility index (Phi) is 2.61. The molecule has 1 aromatic rings. The molecular formula is C13H16N2O. The van der Waals surface area contributed by atoms with Crippen LogP contribution in [-0.2, 0) is 5.54 Å². The van der Waals surface area contributed by atoms with Gasteiger partial charge in [-0.05, 0) is 43.4 Å². The van der Waals surface area contributed by atoms with Gasteiger partial charge in [0.15, 0.2) is 0 Å². The van der Waals surface area contributed by atoms with Gasteiger partial charge in [0, 0.05) is 5.54 Å². The molecule has 2 rings (SSSR count). The van der Waals surface area contributed by atoms with Crippen LogP contribution in [0.3, 0.4) is 0 Å². The maximum atomic E-state index is 9.08. The van der Waals surface area contributed by atoms with E-state index in [2.05, 4.69) is 6.07 Å². The van der Waals surface area contributed by atoms with Gasteiger partial charge in [0.2, 0.25) is 0 Å². The zero-order valence-corrected chi connectivity index (χ0v) is 9.71. The van der Waals surface area contributed by atoms with Crippen LogP contribution in [0.1, 0.15) is 36.0 Å². The highest BCUT2D eigenvalue weighted by Gasteiger charge is 2.35. The molecule has 1 saturated carbocycles. The van der Waals surface area contributed by atoms with Crippen LogP contribution in [-0.4, -0.2) is 7.11 Å². The second-order valence-corrected chi connectivity index (χ2v) is 4.50. The van der Waals surface area contributed by atoms with Gasteiger partial charge in [0.05, 0.1) is 12.7 Å². The summed E-state index contributed by atoms with van der Waals surface area (Å²) in [5.74, 6) is 0.661. The van der Waals surface area contributed by atoms with Crippen LogP contribution in [0.15, 0.2) is 12.1 Å². The Bertz CT molecular complexity index is 456. The molecule has 16 heavy (non-hydrogen) atoms. The topological polar surface area (TPSA) is 59.0 Å². The van der Waals surface area contributed by atoms with Gasteiger partial charge in [-0.1, -0.05) is 6.07 Å². The summed E-state index contributed by atoms with van der Waals surface area (Å²) >= 11 is 0. The lowest BCUT2D eigenvalue weighted by molar-refractivity contribution is 0.253. The van der Waals surface area contributed by atoms with Crippen LogP contribution in [0.5, 0.6) is 5.75 Å². The van der Waals surface area contributed by atoms with Crippen LogP contribution in [0.4, 0.5) is 0 Å². The van der Waals surface area contributed by atoms with E-state index in [1.807, 2.05) is 19.1 Å². The summed E-state index contributed by atoms with van der Waals surface area (Å²) in [6.45, 7) is 1.95. The lowest BCUT2D eigenvalue weighted by atomic mass is 9.72. The number of ether oxygens (including phenoxy) is 1. The fourth-order valence-corrected chi connectivity index (χ4v) is 2.26. The summed E-state index contributed by atoms with van der Waals surface area (Å²) in [6, 6.07) is 6.07. The minimum absolute atomic E-state index is 0.220. The molecule has 3 nitrogen and oxygen atoms in total. The number of benzene rings is 1. The first-order valence-corrected chi connectivity index (χ1v) is 5.49. The fourth-order valence-electron chi connectivity index (χ4n) is 2.26. The Balaban J connectivity index is 2.51. The van der Waals surface area contributed by atoms with Crippen molar-refractivity contribution in [3.8, 4) is 11.8 Å². The number of nitrogens with zero attached hydrogens (tertiary/aromatic N) is 1. The van der Waals surface area contributed by atoms with E-state index >= 15 is 0 Å². The Morgan fingerprint density at radius 1 is 1.44 bits per heavy atom. The van der Waals surface area contributed by atoms with E-state index in [0.29, 0.717) is 11.3 Å². The number of hydrogen-bond acceptors (Lipinski definition) is 3. The second-order valence-electron chi connectivity index (χ2n) is 4.50. The minimum atomic E-state index is -0.220. The zero-order valence-electron chi connectivity index (χ0n) is 9.71. The van der Waals surface area contributed by atoms with Gasteiger partial charge < -0.3 is 10.5 Å². The summed E-state index contributed by atoms with van der Waals surface area (Å²) in [5, 5.41) is 9.08. The van der Waals surface area contributed by atoms with Crippen LogP contribution in [0.2, 0.25) is 0 Å². The third-order valence-electron chi connectivity index (χ3n) is 3.42. The monoisotopic (exact) mass is 216 g/mol. The van der Waals surface area contributed by atoms with Gasteiger partial charge in [-0.3, -0.25) is 0 Å². The summed E-state index contributed by atoms with van der Waals surface area (Å²) in [6.07, 6.45) is 3.18. The highest BCUT2D eigenvalue weighted by molar-refractivity contribution is 5.52. The number of hydrogen-bond donors (Lipinski definition) is 1. The average Bonchev–Trinajstić information content (AvgIpc) is 2.24. The van der Waals surface area contributed by atoms with Crippen molar-refractivity contribution in [3.05, 3.63) is 28.8 Å². The molecule has 0 bridgehead atoms. The van der Waals surface area contributed by atoms with E-state index in [9.17, 15) is 0 Å². The lowest BCUT2D eigenvalue weighted by Crippen LogP contribution is -2.43. The van der Waals surface area contributed by atoms with E-state index < -0.39 is 0 Å². The molecule has 0 unspecified atom stereocenters. The lowest BCUT2D eigenvalue weighted by Gasteiger charge is -2.39. The number of methoxy groups -OCH3 is 1. The molecule has 0 heterocycles. The van der Waals surface area contributed by atoms with Crippen molar-refractivity contribution in [1.82, 2.24) is 0 Å². The molecule has 0 atom stereocenters. The van der Waals surface area contributed by atoms with Gasteiger partial charge in [-0.25, -0.2) is 0 Å². The van der Waals surface area contributed by atoms with Gasteiger partial charge in [-0.2, -0.15) is 5.26 Å². The van der Waals surface area contributed by atoms with Crippen molar-refractivity contribution in [2.24, 2.45) is 5.73 Å². The SMILES string of the molecule is COc1c(C)cc(C2(N)CCC2)cc1C#N. The Morgan fingerprint density at radius 2 is 2.12 bits per heavy atom. The highest BCUT2D eigenvalue weighted by atomic mass is 16.5. The maximum absolute atomic E-state index is 9.08. The number of nitrogens with two attached hydrogens (primary N) is 1. The first-order valence-electron chi connectivity index (χ1n) is 5.49. The highest BCUT2D eigenvalue weighted by Crippen LogP contribution is 2.40. The van der Waals surface area contributed by atoms with Gasteiger partial charge >= 0.3 is 0 Å². The summed E-state index contributed by atoms with van der Waals surface area (Å²) in [5.41, 5.74) is 8.66. The molecule has 84 valence electrons. The Morgan fingerprint density at radius 3 is 2.56 bits per heavy atom. The predicted molar refractivity (Wildman–Crippen MR) is 62.2 cm³/mol. The summed E-state index contributed by atoms with van der Waals surface area (Å²) < 4.78 is 5.22. The van der Waals surface area contributed by atoms with Crippen molar-refractivity contribution >= 4 is 0 Å². The van der Waals surface area contributed by atoms with Gasteiger partial charge in [0.25, 0.3) is 0 Å². The van der Waals surface area contributed by atoms with Crippen LogP contribution in [0.25, 0.3) is 0 Å². The molecule has 0 saturated heterocycles. The third kappa shape index (κ3) is 1.56. The number of aryl methyl sites for hydroxylation is 1. The standard InChI is InChI=1S/C13H16N2O/c1-9-6-11(13(15)4-3-5-13)7-10(8-14)12(9)16-2/h6-7H,3-5,15H2,1-2H3. The number of nitriles is 1. The van der Waals surface area contributed by atoms with E-state index in [4.69, 9.17) is 15.7 Å². The Hall–Kier alpha value is -1.53. The molecule has 0 amide bonds. The van der Waals surface area contributed by atoms with Gasteiger partial charge in [-0.15, -0.1) is 0 Å². The van der Waals surface area contributed by atoms with E-state index in [1.165, 1.54) is 6.42 Å². The first-order chi connectivity index (χ1) is 7.60. The molecule has 1 aliphatic rings. The number of rotatable bonds is 2. The molecular weight excluding hydrogens is 200 g/mol. The largest absolute Gasteiger partial charge is 0.495 e. The van der Waals surface area contributed by atoms with Crippen molar-refractivity contribution < 1.29 is 4.74 Å². The second kappa shape index (κ2) is 3.80. The summed E-state index contributed by atoms with van der Waals surface area (Å²) in [4.78, 5) is 0. The van der Waals surface area contributed by atoms with E-state index in [0.717, 1.165) is 24.0 Å². The average molecular weight is 216 g/mol. The summed E-state index contributed by atoms with van der Waals surface area (Å²) in [7, 11) is 1.59. The van der Waals surface area contributed by atoms with Crippen molar-refractivity contribution in [2.75, 3.05) is 7.11 Å². The fraction of sp³-hybridized carbons (Fsp3) is 0.462. The zero-order chi connectivity index (χ0) is 11.8. The van der Waals surface area contributed by atoms with Crippen LogP contribution < -0.4 is 10.5 Å². The third-order valence-corrected chi connectivity index (χ3v) is 3.42. The normalized spacial score (nSPS) is 17.4. The molecule has 0 spiro atoms. The van der Waals surface area contributed by atoms with Gasteiger partial charge in [0.1, 0.15) is 11.8 Å². The molecule has 0 aromatic heterocycles. The molecule has 1 aliphatic carbocycles. The van der Waals surface area contributed by atoms with Crippen molar-refractivity contribution in [2.45, 2.75) is 31.7 Å². The first kappa shape index (κ1) is 11.0. The van der Waals surface area contributed by atoms with E-state index in [-0.39, 0.29) is 5.54 Å². The van der Waals surface area contributed by atoms with Crippen molar-refractivity contribution in [1.29, 1.82) is 5.26 Å². The smallest absolute Gasteiger partial charge is 0.139 e. The van der Waals surface area contributed by atoms with Crippen LogP contribution >= 0.6 is 0 Å². The molecule has 2 N–H and O–H groups in total. The molecule has 0 aliphatic heterocycles. The quantitative estimate of drug-likeness (QED) is 0.824. The molecule has 0 radical (unpaired) electrons. The minimum Gasteiger partial charge on any atom is -0.495 e. The molecule has 1 fully saturated rings. The van der Waals surface area contributed by atoms with E-state index in [1.54, 1.807) is 7.11 Å².